The number of hydrogen-bond acceptors (Lipinski definition) is 2. The predicted molar refractivity (Wildman–Crippen MR) is 48.7 cm³/mol. The first kappa shape index (κ1) is 9.23. The summed E-state index contributed by atoms with van der Waals surface area (Å²) in [5, 5.41) is 19.2. The molecule has 0 aromatic rings. The van der Waals surface area contributed by atoms with Crippen molar-refractivity contribution in [3.05, 3.63) is 0 Å². The third kappa shape index (κ3) is 1.66. The second kappa shape index (κ2) is 2.88. The molecule has 2 nitrogen and oxygen atoms in total. The van der Waals surface area contributed by atoms with Crippen LogP contribution in [0.2, 0.25) is 5.04 Å². The van der Waals surface area contributed by atoms with Gasteiger partial charge in [-0.25, -0.2) is 0 Å². The van der Waals surface area contributed by atoms with Crippen LogP contribution in [0.15, 0.2) is 0 Å². The zero-order valence-electron chi connectivity index (χ0n) is 7.54. The zero-order chi connectivity index (χ0) is 8.65. The fraction of sp³-hybridized carbons (Fsp3) is 1.00. The summed E-state index contributed by atoms with van der Waals surface area (Å²) in [5.74, 6) is 0.262. The van der Waals surface area contributed by atoms with Gasteiger partial charge in [-0.3, -0.25) is 0 Å². The van der Waals surface area contributed by atoms with Gasteiger partial charge in [0.25, 0.3) is 0 Å². The minimum atomic E-state index is -0.494. The molecular weight excluding hydrogens is 156 g/mol. The average Bonchev–Trinajstić information content (AvgIpc) is 1.95. The molecule has 0 saturated heterocycles. The van der Waals surface area contributed by atoms with Crippen LogP contribution in [0.3, 0.4) is 0 Å². The van der Waals surface area contributed by atoms with Crippen LogP contribution < -0.4 is 0 Å². The molecule has 0 aromatic carbocycles. The summed E-state index contributed by atoms with van der Waals surface area (Å²) < 4.78 is 0. The van der Waals surface area contributed by atoms with E-state index in [-0.39, 0.29) is 5.92 Å². The fourth-order valence-electron chi connectivity index (χ4n) is 1.71. The molecule has 0 bridgehead atoms. The van der Waals surface area contributed by atoms with E-state index in [2.05, 4.69) is 6.92 Å². The quantitative estimate of drug-likeness (QED) is 0.494. The van der Waals surface area contributed by atoms with Crippen LogP contribution in [0, 0.1) is 5.92 Å². The normalized spacial score (nSPS) is 52.9. The molecule has 0 heterocycles. The lowest BCUT2D eigenvalue weighted by atomic mass is 9.77. The van der Waals surface area contributed by atoms with Gasteiger partial charge in [0.1, 0.15) is 0 Å². The van der Waals surface area contributed by atoms with Gasteiger partial charge >= 0.3 is 0 Å². The fourth-order valence-corrected chi connectivity index (χ4v) is 2.34. The molecular formula is C8H18O2Si. The third-order valence-electron chi connectivity index (χ3n) is 3.22. The van der Waals surface area contributed by atoms with E-state index in [4.69, 9.17) is 0 Å². The highest BCUT2D eigenvalue weighted by Gasteiger charge is 2.39. The first-order valence-corrected chi connectivity index (χ1v) is 5.31. The van der Waals surface area contributed by atoms with E-state index in [9.17, 15) is 10.2 Å². The second-order valence-electron chi connectivity index (χ2n) is 4.37. The molecule has 11 heavy (non-hydrogen) atoms. The van der Waals surface area contributed by atoms with Gasteiger partial charge in [0.05, 0.1) is 12.2 Å². The number of aliphatic hydroxyl groups excluding tert-OH is 2. The largest absolute Gasteiger partial charge is 0.390 e. The molecule has 0 amide bonds. The topological polar surface area (TPSA) is 40.5 Å². The van der Waals surface area contributed by atoms with Gasteiger partial charge in [-0.1, -0.05) is 13.8 Å². The van der Waals surface area contributed by atoms with E-state index in [1.807, 2.05) is 6.92 Å². The molecule has 1 saturated carbocycles. The van der Waals surface area contributed by atoms with Crippen molar-refractivity contribution in [2.75, 3.05) is 0 Å². The second-order valence-corrected chi connectivity index (χ2v) is 6.66. The minimum absolute atomic E-state index is 0.262. The Morgan fingerprint density at radius 3 is 2.45 bits per heavy atom. The Balaban J connectivity index is 2.67. The lowest BCUT2D eigenvalue weighted by Gasteiger charge is -2.42. The van der Waals surface area contributed by atoms with Crippen molar-refractivity contribution < 1.29 is 10.2 Å². The van der Waals surface area contributed by atoms with Gasteiger partial charge in [0, 0.05) is 10.2 Å². The molecule has 1 rings (SSSR count). The van der Waals surface area contributed by atoms with Crippen LogP contribution in [-0.2, 0) is 0 Å². The first-order valence-electron chi connectivity index (χ1n) is 4.31. The van der Waals surface area contributed by atoms with Crippen molar-refractivity contribution in [3.8, 4) is 0 Å². The van der Waals surface area contributed by atoms with Gasteiger partial charge < -0.3 is 10.2 Å². The highest BCUT2D eigenvalue weighted by Crippen LogP contribution is 2.43. The molecule has 1 aliphatic carbocycles. The molecule has 3 heteroatoms. The summed E-state index contributed by atoms with van der Waals surface area (Å²) in [6.45, 7) is 4.25. The van der Waals surface area contributed by atoms with Crippen molar-refractivity contribution in [1.29, 1.82) is 0 Å². The molecule has 66 valence electrons. The van der Waals surface area contributed by atoms with E-state index in [0.29, 0.717) is 5.04 Å². The smallest absolute Gasteiger partial charge is 0.0826 e. The lowest BCUT2D eigenvalue weighted by molar-refractivity contribution is -0.0533. The Hall–Kier alpha value is 0.137. The van der Waals surface area contributed by atoms with E-state index >= 15 is 0 Å². The summed E-state index contributed by atoms with van der Waals surface area (Å²) >= 11 is 0. The summed E-state index contributed by atoms with van der Waals surface area (Å²) in [6, 6.07) is 0. The van der Waals surface area contributed by atoms with Crippen LogP contribution >= 0.6 is 0 Å². The zero-order valence-corrected chi connectivity index (χ0v) is 9.54. The van der Waals surface area contributed by atoms with Crippen LogP contribution in [-0.4, -0.2) is 32.7 Å². The standard InChI is InChI=1S/C8H18O2Si/c1-5-7(10)6(9)3-4-8(5,2)11/h5-7,9-10H,3-4H2,1-2,11H3. The molecule has 1 aliphatic rings. The number of aliphatic hydroxyl groups is 2. The predicted octanol–water partition coefficient (Wildman–Crippen LogP) is -0.318. The van der Waals surface area contributed by atoms with E-state index in [1.165, 1.54) is 0 Å². The van der Waals surface area contributed by atoms with Crippen molar-refractivity contribution in [2.24, 2.45) is 5.92 Å². The van der Waals surface area contributed by atoms with Crippen molar-refractivity contribution >= 4 is 10.2 Å². The Kier molecular flexibility index (Phi) is 2.42. The molecule has 0 radical (unpaired) electrons. The Bertz CT molecular complexity index is 147. The minimum Gasteiger partial charge on any atom is -0.390 e. The monoisotopic (exact) mass is 174 g/mol. The Morgan fingerprint density at radius 2 is 2.00 bits per heavy atom. The van der Waals surface area contributed by atoms with E-state index in [0.717, 1.165) is 23.1 Å². The maximum Gasteiger partial charge on any atom is 0.0826 e. The summed E-state index contributed by atoms with van der Waals surface area (Å²) in [7, 11) is 1.10. The Morgan fingerprint density at radius 1 is 1.45 bits per heavy atom. The van der Waals surface area contributed by atoms with Crippen molar-refractivity contribution in [2.45, 2.75) is 43.9 Å². The van der Waals surface area contributed by atoms with E-state index in [1.54, 1.807) is 0 Å². The van der Waals surface area contributed by atoms with Gasteiger partial charge in [0.2, 0.25) is 0 Å². The van der Waals surface area contributed by atoms with Gasteiger partial charge in [-0.05, 0) is 23.8 Å². The van der Waals surface area contributed by atoms with Crippen LogP contribution in [0.25, 0.3) is 0 Å². The van der Waals surface area contributed by atoms with Crippen LogP contribution in [0.4, 0.5) is 0 Å². The van der Waals surface area contributed by atoms with Gasteiger partial charge in [0.15, 0.2) is 0 Å². The Labute approximate surface area is 71.0 Å². The molecule has 4 atom stereocenters. The lowest BCUT2D eigenvalue weighted by Crippen LogP contribution is -2.43. The maximum absolute atomic E-state index is 9.55. The molecule has 0 spiro atoms. The van der Waals surface area contributed by atoms with E-state index < -0.39 is 12.2 Å². The van der Waals surface area contributed by atoms with Gasteiger partial charge in [-0.15, -0.1) is 0 Å². The average molecular weight is 174 g/mol. The van der Waals surface area contributed by atoms with Crippen molar-refractivity contribution in [1.82, 2.24) is 0 Å². The SMILES string of the molecule is CC1C(O)C(O)CCC1(C)[SiH3]. The van der Waals surface area contributed by atoms with Crippen molar-refractivity contribution in [3.63, 3.8) is 0 Å². The molecule has 0 aromatic heterocycles. The summed E-state index contributed by atoms with van der Waals surface area (Å²) in [4.78, 5) is 0. The third-order valence-corrected chi connectivity index (χ3v) is 4.63. The molecule has 2 N–H and O–H groups in total. The molecule has 4 unspecified atom stereocenters. The summed E-state index contributed by atoms with van der Waals surface area (Å²) in [6.07, 6.45) is 0.864. The highest BCUT2D eigenvalue weighted by atomic mass is 28.1. The first-order chi connectivity index (χ1) is 4.95. The maximum atomic E-state index is 9.55. The highest BCUT2D eigenvalue weighted by molar-refractivity contribution is 6.15. The summed E-state index contributed by atoms with van der Waals surface area (Å²) in [5.41, 5.74) is 0. The molecule has 0 aliphatic heterocycles. The van der Waals surface area contributed by atoms with Crippen LogP contribution in [0.1, 0.15) is 26.7 Å². The number of rotatable bonds is 0. The van der Waals surface area contributed by atoms with Gasteiger partial charge in [-0.2, -0.15) is 0 Å². The number of hydrogen-bond donors (Lipinski definition) is 2. The molecule has 1 fully saturated rings. The van der Waals surface area contributed by atoms with Crippen LogP contribution in [0.5, 0.6) is 0 Å².